The number of amides is 1. The summed E-state index contributed by atoms with van der Waals surface area (Å²) in [6.45, 7) is 11.8. The number of nitrogens with zero attached hydrogens (tertiary/aromatic N) is 4. The van der Waals surface area contributed by atoms with E-state index in [4.69, 9.17) is 4.74 Å². The number of fused-ring (bicyclic) bond motifs is 1. The van der Waals surface area contributed by atoms with Crippen molar-refractivity contribution < 1.29 is 22.7 Å². The van der Waals surface area contributed by atoms with E-state index in [0.29, 0.717) is 16.8 Å². The van der Waals surface area contributed by atoms with Gasteiger partial charge in [-0.05, 0) is 64.3 Å². The molecule has 0 aliphatic carbocycles. The predicted octanol–water partition coefficient (Wildman–Crippen LogP) is 6.48. The third-order valence-corrected chi connectivity index (χ3v) is 8.83. The molecule has 0 bridgehead atoms. The topological polar surface area (TPSA) is 70.6 Å². The number of nitrogens with one attached hydrogen (secondary N) is 1. The standard InChI is InChI=1S/C29H36F3N5O2S/c1-19(21-7-5-20(6-8-21)15-33-26(38)39-27(2,3)4)36-11-9-28(16-36)10-12-37(17-28)24-23-13-22(14-29(30,31)32)40-25(23)35-18-34-24/h5-8,13,18-19H,9-12,14-17H2,1-4H3,(H,33,38). The van der Waals surface area contributed by atoms with Crippen LogP contribution in [0.2, 0.25) is 0 Å². The van der Waals surface area contributed by atoms with Gasteiger partial charge in [0.1, 0.15) is 22.6 Å². The molecule has 2 saturated heterocycles. The normalized spacial score (nSPS) is 20.9. The van der Waals surface area contributed by atoms with E-state index in [1.54, 1.807) is 6.07 Å². The molecule has 11 heteroatoms. The zero-order valence-electron chi connectivity index (χ0n) is 23.3. The summed E-state index contributed by atoms with van der Waals surface area (Å²) in [5.41, 5.74) is 1.83. The van der Waals surface area contributed by atoms with E-state index < -0.39 is 24.3 Å². The lowest BCUT2D eigenvalue weighted by molar-refractivity contribution is -0.126. The smallest absolute Gasteiger partial charge is 0.407 e. The maximum Gasteiger partial charge on any atom is 0.407 e. The van der Waals surface area contributed by atoms with Crippen LogP contribution in [0.3, 0.4) is 0 Å². The highest BCUT2D eigenvalue weighted by atomic mass is 32.1. The molecule has 4 heterocycles. The van der Waals surface area contributed by atoms with Crippen molar-refractivity contribution in [2.75, 3.05) is 31.1 Å². The van der Waals surface area contributed by atoms with E-state index in [1.807, 2.05) is 32.9 Å². The largest absolute Gasteiger partial charge is 0.444 e. The van der Waals surface area contributed by atoms with E-state index in [1.165, 1.54) is 11.9 Å². The van der Waals surface area contributed by atoms with Crippen LogP contribution in [-0.2, 0) is 17.7 Å². The van der Waals surface area contributed by atoms with Crippen molar-refractivity contribution in [1.29, 1.82) is 0 Å². The van der Waals surface area contributed by atoms with Crippen molar-refractivity contribution >= 4 is 33.5 Å². The van der Waals surface area contributed by atoms with Crippen LogP contribution < -0.4 is 10.2 Å². The number of benzene rings is 1. The molecule has 1 aromatic carbocycles. The molecule has 0 radical (unpaired) electrons. The molecule has 2 unspecified atom stereocenters. The molecule has 3 aromatic rings. The van der Waals surface area contributed by atoms with Crippen molar-refractivity contribution in [1.82, 2.24) is 20.2 Å². The predicted molar refractivity (Wildman–Crippen MR) is 151 cm³/mol. The van der Waals surface area contributed by atoms with Crippen LogP contribution in [0.1, 0.15) is 62.6 Å². The molecule has 2 aliphatic rings. The van der Waals surface area contributed by atoms with Crippen LogP contribution in [0.5, 0.6) is 0 Å². The van der Waals surface area contributed by atoms with E-state index in [-0.39, 0.29) is 16.3 Å². The Kier molecular flexibility index (Phi) is 7.73. The first kappa shape index (κ1) is 28.6. The number of anilines is 1. The van der Waals surface area contributed by atoms with Gasteiger partial charge >= 0.3 is 12.3 Å². The number of ether oxygens (including phenoxy) is 1. The Labute approximate surface area is 236 Å². The summed E-state index contributed by atoms with van der Waals surface area (Å²) in [5, 5.41) is 3.51. The van der Waals surface area contributed by atoms with Crippen LogP contribution in [-0.4, -0.2) is 58.9 Å². The molecule has 40 heavy (non-hydrogen) atoms. The van der Waals surface area contributed by atoms with Gasteiger partial charge in [-0.15, -0.1) is 11.3 Å². The fraction of sp³-hybridized carbons (Fsp3) is 0.552. The Morgan fingerprint density at radius 1 is 1.12 bits per heavy atom. The second kappa shape index (κ2) is 10.8. The molecular formula is C29H36F3N5O2S. The Balaban J connectivity index is 1.20. The minimum Gasteiger partial charge on any atom is -0.444 e. The summed E-state index contributed by atoms with van der Waals surface area (Å²) in [7, 11) is 0. The molecule has 1 spiro atoms. The minimum atomic E-state index is -4.24. The highest BCUT2D eigenvalue weighted by Gasteiger charge is 2.45. The highest BCUT2D eigenvalue weighted by Crippen LogP contribution is 2.44. The lowest BCUT2D eigenvalue weighted by Crippen LogP contribution is -2.32. The molecule has 2 aromatic heterocycles. The molecular weight excluding hydrogens is 539 g/mol. The van der Waals surface area contributed by atoms with E-state index >= 15 is 0 Å². The first-order chi connectivity index (χ1) is 18.8. The average molecular weight is 576 g/mol. The Hall–Kier alpha value is -2.92. The summed E-state index contributed by atoms with van der Waals surface area (Å²) >= 11 is 1.10. The van der Waals surface area contributed by atoms with E-state index in [2.05, 4.69) is 44.1 Å². The molecule has 1 N–H and O–H groups in total. The van der Waals surface area contributed by atoms with Gasteiger partial charge in [-0.25, -0.2) is 14.8 Å². The monoisotopic (exact) mass is 575 g/mol. The zero-order valence-corrected chi connectivity index (χ0v) is 24.2. The van der Waals surface area contributed by atoms with Gasteiger partial charge in [0.2, 0.25) is 0 Å². The number of hydrogen-bond donors (Lipinski definition) is 1. The van der Waals surface area contributed by atoms with Gasteiger partial charge in [0.25, 0.3) is 0 Å². The van der Waals surface area contributed by atoms with Crippen LogP contribution in [0.4, 0.5) is 23.8 Å². The number of carbonyl (C=O) groups excluding carboxylic acids is 1. The summed E-state index contributed by atoms with van der Waals surface area (Å²) in [6, 6.07) is 10.2. The van der Waals surface area contributed by atoms with Crippen molar-refractivity contribution in [2.24, 2.45) is 5.41 Å². The summed E-state index contributed by atoms with van der Waals surface area (Å²) < 4.78 is 44.2. The highest BCUT2D eigenvalue weighted by molar-refractivity contribution is 7.18. The van der Waals surface area contributed by atoms with Crippen molar-refractivity contribution in [3.63, 3.8) is 0 Å². The van der Waals surface area contributed by atoms with Gasteiger partial charge in [0, 0.05) is 42.5 Å². The molecule has 0 saturated carbocycles. The number of halogens is 3. The van der Waals surface area contributed by atoms with Gasteiger partial charge in [0.15, 0.2) is 0 Å². The lowest BCUT2D eigenvalue weighted by Gasteiger charge is -2.29. The Bertz CT molecular complexity index is 1350. The fourth-order valence-electron chi connectivity index (χ4n) is 5.79. The zero-order chi connectivity index (χ0) is 28.7. The maximum absolute atomic E-state index is 13.0. The molecule has 7 nitrogen and oxygen atoms in total. The number of likely N-dealkylation sites (tertiary alicyclic amines) is 1. The summed E-state index contributed by atoms with van der Waals surface area (Å²) in [6.07, 6.45) is -2.05. The van der Waals surface area contributed by atoms with Gasteiger partial charge < -0.3 is 15.0 Å². The number of alkyl carbamates (subject to hydrolysis) is 1. The van der Waals surface area contributed by atoms with Gasteiger partial charge in [-0.3, -0.25) is 4.90 Å². The Morgan fingerprint density at radius 3 is 2.55 bits per heavy atom. The number of thiophene rings is 1. The number of carbonyl (C=O) groups is 1. The van der Waals surface area contributed by atoms with Crippen LogP contribution in [0.25, 0.3) is 10.2 Å². The van der Waals surface area contributed by atoms with Crippen molar-refractivity contribution in [3.05, 3.63) is 52.7 Å². The molecule has 2 atom stereocenters. The van der Waals surface area contributed by atoms with Gasteiger partial charge in [-0.1, -0.05) is 24.3 Å². The Morgan fingerprint density at radius 2 is 1.85 bits per heavy atom. The molecule has 5 rings (SSSR count). The van der Waals surface area contributed by atoms with Gasteiger partial charge in [0.05, 0.1) is 11.8 Å². The second-order valence-electron chi connectivity index (χ2n) is 12.1. The van der Waals surface area contributed by atoms with Crippen molar-refractivity contribution in [2.45, 2.75) is 71.3 Å². The first-order valence-corrected chi connectivity index (χ1v) is 14.5. The van der Waals surface area contributed by atoms with Crippen LogP contribution >= 0.6 is 11.3 Å². The van der Waals surface area contributed by atoms with Crippen LogP contribution in [0.15, 0.2) is 36.7 Å². The summed E-state index contributed by atoms with van der Waals surface area (Å²) in [5.74, 6) is 0.744. The number of aromatic nitrogens is 2. The number of alkyl halides is 3. The molecule has 2 aliphatic heterocycles. The SMILES string of the molecule is CC(c1ccc(CNC(=O)OC(C)(C)C)cc1)N1CCC2(CCN(c3ncnc4sc(CC(F)(F)F)cc34)C2)C1. The molecule has 1 amide bonds. The fourth-order valence-corrected chi connectivity index (χ4v) is 6.81. The van der Waals surface area contributed by atoms with Gasteiger partial charge in [-0.2, -0.15) is 13.2 Å². The number of hydrogen-bond acceptors (Lipinski definition) is 7. The second-order valence-corrected chi connectivity index (χ2v) is 13.2. The van der Waals surface area contributed by atoms with Crippen molar-refractivity contribution in [3.8, 4) is 0 Å². The summed E-state index contributed by atoms with van der Waals surface area (Å²) in [4.78, 5) is 26.3. The lowest BCUT2D eigenvalue weighted by atomic mass is 9.86. The quantitative estimate of drug-likeness (QED) is 0.363. The maximum atomic E-state index is 13.0. The van der Waals surface area contributed by atoms with E-state index in [9.17, 15) is 18.0 Å². The first-order valence-electron chi connectivity index (χ1n) is 13.6. The average Bonchev–Trinajstić information content (AvgIpc) is 3.59. The van der Waals surface area contributed by atoms with Crippen LogP contribution in [0, 0.1) is 5.41 Å². The number of rotatable bonds is 6. The molecule has 216 valence electrons. The molecule has 2 fully saturated rings. The minimum absolute atomic E-state index is 0.133. The third-order valence-electron chi connectivity index (χ3n) is 7.79. The van der Waals surface area contributed by atoms with E-state index in [0.717, 1.165) is 61.7 Å². The third kappa shape index (κ3) is 6.68.